The molecule has 0 radical (unpaired) electrons. The summed E-state index contributed by atoms with van der Waals surface area (Å²) in [5.41, 5.74) is 0.412. The number of aromatic nitrogens is 4. The molecule has 0 aromatic carbocycles. The monoisotopic (exact) mass is 218 g/mol. The highest BCUT2D eigenvalue weighted by Gasteiger charge is 2.13. The molecule has 1 atom stereocenters. The van der Waals surface area contributed by atoms with Gasteiger partial charge >= 0.3 is 5.97 Å². The van der Waals surface area contributed by atoms with E-state index in [-0.39, 0.29) is 0 Å². The van der Waals surface area contributed by atoms with Crippen LogP contribution >= 0.6 is 0 Å². The van der Waals surface area contributed by atoms with Crippen LogP contribution in [0.4, 0.5) is 0 Å². The van der Waals surface area contributed by atoms with Crippen molar-refractivity contribution in [1.29, 1.82) is 0 Å². The Morgan fingerprint density at radius 3 is 3.00 bits per heavy atom. The maximum Gasteiger partial charge on any atom is 0.341 e. The largest absolute Gasteiger partial charge is 0.436 e. The van der Waals surface area contributed by atoms with Crippen molar-refractivity contribution in [2.75, 3.05) is 0 Å². The number of nitrogens with zero attached hydrogens (tertiary/aromatic N) is 4. The standard InChI is InChI=1S/C10H10N4O2/c1-8(14-6-5-12-13-14)16-10(15)9-3-2-4-11-7-9/h2-8H,1H3. The molecule has 2 heterocycles. The van der Waals surface area contributed by atoms with Gasteiger partial charge in [0.15, 0.2) is 6.23 Å². The van der Waals surface area contributed by atoms with Crippen LogP contribution in [0.25, 0.3) is 0 Å². The van der Waals surface area contributed by atoms with E-state index in [1.165, 1.54) is 17.1 Å². The SMILES string of the molecule is CC(OC(=O)c1cccnc1)n1ccnn1. The Labute approximate surface area is 91.9 Å². The lowest BCUT2D eigenvalue weighted by molar-refractivity contribution is 0.0112. The predicted molar refractivity (Wildman–Crippen MR) is 54.4 cm³/mol. The van der Waals surface area contributed by atoms with E-state index in [9.17, 15) is 4.79 Å². The maximum absolute atomic E-state index is 11.6. The second kappa shape index (κ2) is 4.52. The Hall–Kier alpha value is -2.24. The molecule has 16 heavy (non-hydrogen) atoms. The minimum Gasteiger partial charge on any atom is -0.436 e. The van der Waals surface area contributed by atoms with Gasteiger partial charge in [-0.05, 0) is 19.1 Å². The first-order valence-electron chi connectivity index (χ1n) is 4.74. The van der Waals surface area contributed by atoms with Gasteiger partial charge in [-0.25, -0.2) is 9.48 Å². The fourth-order valence-corrected chi connectivity index (χ4v) is 1.17. The summed E-state index contributed by atoms with van der Waals surface area (Å²) >= 11 is 0. The molecule has 0 spiro atoms. The number of esters is 1. The molecule has 6 nitrogen and oxygen atoms in total. The summed E-state index contributed by atoms with van der Waals surface area (Å²) < 4.78 is 6.61. The third kappa shape index (κ3) is 2.22. The van der Waals surface area contributed by atoms with Crippen molar-refractivity contribution in [1.82, 2.24) is 20.0 Å². The van der Waals surface area contributed by atoms with E-state index in [0.717, 1.165) is 0 Å². The Morgan fingerprint density at radius 2 is 2.38 bits per heavy atom. The molecule has 0 bridgehead atoms. The zero-order valence-corrected chi connectivity index (χ0v) is 8.65. The minimum absolute atomic E-state index is 0.412. The lowest BCUT2D eigenvalue weighted by Crippen LogP contribution is -2.15. The first-order valence-corrected chi connectivity index (χ1v) is 4.74. The number of hydrogen-bond acceptors (Lipinski definition) is 5. The van der Waals surface area contributed by atoms with E-state index in [1.807, 2.05) is 0 Å². The van der Waals surface area contributed by atoms with Crippen molar-refractivity contribution < 1.29 is 9.53 Å². The molecule has 0 N–H and O–H groups in total. The first-order chi connectivity index (χ1) is 7.77. The van der Waals surface area contributed by atoms with Crippen molar-refractivity contribution in [2.24, 2.45) is 0 Å². The molecule has 0 amide bonds. The summed E-state index contributed by atoms with van der Waals surface area (Å²) in [7, 11) is 0. The molecule has 2 aromatic rings. The topological polar surface area (TPSA) is 69.9 Å². The molecule has 82 valence electrons. The number of carbonyl (C=O) groups is 1. The van der Waals surface area contributed by atoms with Gasteiger partial charge < -0.3 is 4.74 Å². The molecule has 0 aliphatic heterocycles. The Morgan fingerprint density at radius 1 is 1.50 bits per heavy atom. The van der Waals surface area contributed by atoms with E-state index in [4.69, 9.17) is 4.74 Å². The van der Waals surface area contributed by atoms with Crippen molar-refractivity contribution in [2.45, 2.75) is 13.2 Å². The molecule has 0 aliphatic carbocycles. The van der Waals surface area contributed by atoms with E-state index in [2.05, 4.69) is 15.3 Å². The first kappa shape index (κ1) is 10.3. The van der Waals surface area contributed by atoms with Gasteiger partial charge in [0.2, 0.25) is 0 Å². The molecule has 0 saturated carbocycles. The number of ether oxygens (including phenoxy) is 1. The fourth-order valence-electron chi connectivity index (χ4n) is 1.17. The molecule has 2 rings (SSSR count). The number of hydrogen-bond donors (Lipinski definition) is 0. The van der Waals surface area contributed by atoms with Crippen LogP contribution in [-0.2, 0) is 4.74 Å². The molecular weight excluding hydrogens is 208 g/mol. The summed E-state index contributed by atoms with van der Waals surface area (Å²) in [6.07, 6.45) is 5.71. The molecule has 0 fully saturated rings. The third-order valence-corrected chi connectivity index (χ3v) is 1.99. The lowest BCUT2D eigenvalue weighted by atomic mass is 10.3. The average molecular weight is 218 g/mol. The van der Waals surface area contributed by atoms with Crippen LogP contribution < -0.4 is 0 Å². The number of pyridine rings is 1. The maximum atomic E-state index is 11.6. The van der Waals surface area contributed by atoms with Crippen LogP contribution in [0.2, 0.25) is 0 Å². The Balaban J connectivity index is 2.03. The van der Waals surface area contributed by atoms with Crippen LogP contribution in [0, 0.1) is 0 Å². The number of rotatable bonds is 3. The summed E-state index contributed by atoms with van der Waals surface area (Å²) in [5, 5.41) is 7.37. The van der Waals surface area contributed by atoms with Crippen LogP contribution in [-0.4, -0.2) is 25.9 Å². The summed E-state index contributed by atoms with van der Waals surface area (Å²) in [6.45, 7) is 1.71. The van der Waals surface area contributed by atoms with Gasteiger partial charge in [-0.15, -0.1) is 5.10 Å². The van der Waals surface area contributed by atoms with Crippen LogP contribution in [0.15, 0.2) is 36.9 Å². The smallest absolute Gasteiger partial charge is 0.341 e. The van der Waals surface area contributed by atoms with Crippen LogP contribution in [0.5, 0.6) is 0 Å². The number of carbonyl (C=O) groups excluding carboxylic acids is 1. The second-order valence-electron chi connectivity index (χ2n) is 3.13. The highest BCUT2D eigenvalue weighted by atomic mass is 16.6. The highest BCUT2D eigenvalue weighted by Crippen LogP contribution is 2.08. The molecular formula is C10H10N4O2. The van der Waals surface area contributed by atoms with E-state index < -0.39 is 12.2 Å². The zero-order chi connectivity index (χ0) is 11.4. The van der Waals surface area contributed by atoms with Gasteiger partial charge in [0.25, 0.3) is 0 Å². The Kier molecular flexibility index (Phi) is 2.90. The fraction of sp³-hybridized carbons (Fsp3) is 0.200. The summed E-state index contributed by atoms with van der Waals surface area (Å²) in [4.78, 5) is 15.5. The quantitative estimate of drug-likeness (QED) is 0.720. The van der Waals surface area contributed by atoms with Gasteiger partial charge in [-0.3, -0.25) is 4.98 Å². The lowest BCUT2D eigenvalue weighted by Gasteiger charge is -2.12. The summed E-state index contributed by atoms with van der Waals surface area (Å²) in [5.74, 6) is -0.434. The highest BCUT2D eigenvalue weighted by molar-refractivity contribution is 5.88. The predicted octanol–water partition coefficient (Wildman–Crippen LogP) is 1.05. The molecule has 0 saturated heterocycles. The average Bonchev–Trinajstić information content (AvgIpc) is 2.83. The molecule has 0 aliphatic rings. The molecule has 1 unspecified atom stereocenters. The van der Waals surface area contributed by atoms with Gasteiger partial charge in [0.05, 0.1) is 11.8 Å². The Bertz CT molecular complexity index is 455. The van der Waals surface area contributed by atoms with E-state index in [1.54, 1.807) is 31.5 Å². The van der Waals surface area contributed by atoms with E-state index >= 15 is 0 Å². The van der Waals surface area contributed by atoms with Crippen molar-refractivity contribution in [3.8, 4) is 0 Å². The second-order valence-corrected chi connectivity index (χ2v) is 3.13. The van der Waals surface area contributed by atoms with Gasteiger partial charge in [-0.2, -0.15) is 0 Å². The van der Waals surface area contributed by atoms with Crippen LogP contribution in [0.3, 0.4) is 0 Å². The molecule has 6 heteroatoms. The van der Waals surface area contributed by atoms with Gasteiger partial charge in [0.1, 0.15) is 0 Å². The summed E-state index contributed by atoms with van der Waals surface area (Å²) in [6, 6.07) is 3.32. The normalized spacial score (nSPS) is 12.1. The third-order valence-electron chi connectivity index (χ3n) is 1.99. The van der Waals surface area contributed by atoms with Crippen molar-refractivity contribution >= 4 is 5.97 Å². The minimum atomic E-state index is -0.491. The van der Waals surface area contributed by atoms with Gasteiger partial charge in [0, 0.05) is 18.6 Å². The molecule has 2 aromatic heterocycles. The van der Waals surface area contributed by atoms with Gasteiger partial charge in [-0.1, -0.05) is 5.21 Å². The van der Waals surface area contributed by atoms with Crippen molar-refractivity contribution in [3.63, 3.8) is 0 Å². The zero-order valence-electron chi connectivity index (χ0n) is 8.65. The van der Waals surface area contributed by atoms with E-state index in [0.29, 0.717) is 5.56 Å². The van der Waals surface area contributed by atoms with Crippen LogP contribution in [0.1, 0.15) is 23.5 Å². The van der Waals surface area contributed by atoms with Crippen molar-refractivity contribution in [3.05, 3.63) is 42.5 Å².